The van der Waals surface area contributed by atoms with E-state index in [2.05, 4.69) is 41.9 Å². The molecule has 0 saturated carbocycles. The molecule has 2 N–H and O–H groups in total. The summed E-state index contributed by atoms with van der Waals surface area (Å²) in [6.07, 6.45) is 1.15. The van der Waals surface area contributed by atoms with Crippen molar-refractivity contribution in [3.63, 3.8) is 0 Å². The summed E-state index contributed by atoms with van der Waals surface area (Å²) in [7, 11) is -3.37. The molecule has 0 aliphatic carbocycles. The number of nitrogens with one attached hydrogen (secondary N) is 2. The highest BCUT2D eigenvalue weighted by molar-refractivity contribution is 9.10. The molecule has 0 radical (unpaired) electrons. The molecule has 1 aliphatic rings. The fraction of sp³-hybridized carbons (Fsp3) is 0.357. The van der Waals surface area contributed by atoms with Crippen molar-refractivity contribution in [2.45, 2.75) is 44.6 Å². The Bertz CT molecular complexity index is 1600. The van der Waals surface area contributed by atoms with Crippen molar-refractivity contribution in [2.24, 2.45) is 0 Å². The molecule has 0 unspecified atom stereocenters. The van der Waals surface area contributed by atoms with E-state index in [0.29, 0.717) is 46.9 Å². The molecule has 2 aromatic heterocycles. The number of carbonyl (C=O) groups excluding carboxylic acids is 1. The molecular weight excluding hydrogens is 644 g/mol. The van der Waals surface area contributed by atoms with Crippen LogP contribution in [0, 0.1) is 0 Å². The smallest absolute Gasteiger partial charge is 0.344 e. The first-order chi connectivity index (χ1) is 20.2. The average Bonchev–Trinajstić information content (AvgIpc) is 3.60. The third-order valence-corrected chi connectivity index (χ3v) is 10.7. The Balaban J connectivity index is 1.28. The number of piperidine rings is 1. The van der Waals surface area contributed by atoms with Crippen LogP contribution in [0.25, 0.3) is 21.1 Å². The second-order valence-electron chi connectivity index (χ2n) is 10.1. The number of aromatic amines is 1. The molecule has 3 heterocycles. The maximum absolute atomic E-state index is 13.0. The Labute approximate surface area is 256 Å². The number of H-pyrrole nitrogens is 1. The van der Waals surface area contributed by atoms with Crippen molar-refractivity contribution in [1.29, 1.82) is 0 Å². The van der Waals surface area contributed by atoms with E-state index in [1.54, 1.807) is 18.2 Å². The van der Waals surface area contributed by atoms with Crippen molar-refractivity contribution in [2.75, 3.05) is 25.0 Å². The number of esters is 1. The van der Waals surface area contributed by atoms with Crippen LogP contribution in [0.4, 0.5) is 5.69 Å². The van der Waals surface area contributed by atoms with Gasteiger partial charge in [-0.15, -0.1) is 21.5 Å². The van der Waals surface area contributed by atoms with Gasteiger partial charge in [-0.25, -0.2) is 17.5 Å². The number of anilines is 1. The summed E-state index contributed by atoms with van der Waals surface area (Å²) in [6.45, 7) is 4.23. The fourth-order valence-electron chi connectivity index (χ4n) is 4.68. The first-order valence-electron chi connectivity index (χ1n) is 13.5. The van der Waals surface area contributed by atoms with Gasteiger partial charge >= 0.3 is 5.97 Å². The normalized spacial score (nSPS) is 14.7. The van der Waals surface area contributed by atoms with Gasteiger partial charge in [-0.1, -0.05) is 42.5 Å². The zero-order valence-electron chi connectivity index (χ0n) is 23.1. The number of hydrogen-bond donors (Lipinski definition) is 2. The summed E-state index contributed by atoms with van der Waals surface area (Å²) >= 11 is 5.07. The van der Waals surface area contributed by atoms with Crippen LogP contribution in [0.3, 0.4) is 0 Å². The number of thiophene rings is 1. The van der Waals surface area contributed by atoms with E-state index in [1.165, 1.54) is 11.3 Å². The summed E-state index contributed by atoms with van der Waals surface area (Å²) < 4.78 is 39.2. The maximum Gasteiger partial charge on any atom is 0.344 e. The van der Waals surface area contributed by atoms with Gasteiger partial charge in [0.2, 0.25) is 15.8 Å². The van der Waals surface area contributed by atoms with Crippen molar-refractivity contribution >= 4 is 48.9 Å². The van der Waals surface area contributed by atoms with Gasteiger partial charge in [-0.3, -0.25) is 0 Å². The zero-order valence-corrected chi connectivity index (χ0v) is 26.3. The van der Waals surface area contributed by atoms with Crippen molar-refractivity contribution in [1.82, 2.24) is 24.9 Å². The minimum Gasteiger partial charge on any atom is -0.479 e. The number of ether oxygens (including phenoxy) is 2. The molecule has 222 valence electrons. The molecule has 2 aromatic carbocycles. The summed E-state index contributed by atoms with van der Waals surface area (Å²) in [6, 6.07) is 17.4. The van der Waals surface area contributed by atoms with E-state index in [4.69, 9.17) is 9.47 Å². The molecule has 0 spiro atoms. The third kappa shape index (κ3) is 7.35. The number of aromatic nitrogens is 4. The summed E-state index contributed by atoms with van der Waals surface area (Å²) in [5, 5.41) is 17.9. The predicted molar refractivity (Wildman–Crippen MR) is 165 cm³/mol. The molecular formula is C28H31BrN6O5S2. The molecule has 0 atom stereocenters. The predicted octanol–water partition coefficient (Wildman–Crippen LogP) is 5.09. The minimum absolute atomic E-state index is 0.0140. The largest absolute Gasteiger partial charge is 0.479 e. The number of tetrazole rings is 1. The summed E-state index contributed by atoms with van der Waals surface area (Å²) in [4.78, 5) is 13.6. The molecule has 11 nitrogen and oxygen atoms in total. The monoisotopic (exact) mass is 674 g/mol. The van der Waals surface area contributed by atoms with Crippen LogP contribution < -0.4 is 10.1 Å². The lowest BCUT2D eigenvalue weighted by Crippen LogP contribution is -2.42. The van der Waals surface area contributed by atoms with E-state index in [0.717, 1.165) is 21.7 Å². The number of rotatable bonds is 11. The molecule has 42 heavy (non-hydrogen) atoms. The molecule has 5 rings (SSSR count). The quantitative estimate of drug-likeness (QED) is 0.208. The Morgan fingerprint density at radius 3 is 2.60 bits per heavy atom. The van der Waals surface area contributed by atoms with Gasteiger partial charge in [0.25, 0.3) is 0 Å². The fourth-order valence-corrected chi connectivity index (χ4v) is 8.23. The molecule has 0 bridgehead atoms. The second kappa shape index (κ2) is 13.3. The van der Waals surface area contributed by atoms with Crippen LogP contribution in [0.1, 0.15) is 32.3 Å². The number of nitrogens with zero attached hydrogens (tertiary/aromatic N) is 4. The third-order valence-electron chi connectivity index (χ3n) is 6.59. The van der Waals surface area contributed by atoms with Crippen molar-refractivity contribution < 1.29 is 22.7 Å². The van der Waals surface area contributed by atoms with Gasteiger partial charge < -0.3 is 14.8 Å². The standard InChI is InChI=1S/C28H31BrN6O5S2/c1-18(2)40-23(36)16-39-25-24(29)26(41-27(25)28-31-33-34-32-28)20-9-6-10-22(15-20)30-21-11-13-35(14-12-21)42(37,38)17-19-7-4-3-5-8-19/h3-10,15,18,21,30H,11-14,16-17H2,1-2H3,(H,31,32,33,34). The number of hydrogen-bond acceptors (Lipinski definition) is 10. The van der Waals surface area contributed by atoms with E-state index in [1.807, 2.05) is 54.6 Å². The van der Waals surface area contributed by atoms with Crippen LogP contribution in [-0.2, 0) is 25.3 Å². The highest BCUT2D eigenvalue weighted by atomic mass is 79.9. The van der Waals surface area contributed by atoms with E-state index < -0.39 is 16.0 Å². The average molecular weight is 676 g/mol. The van der Waals surface area contributed by atoms with Crippen molar-refractivity contribution in [3.8, 4) is 26.9 Å². The van der Waals surface area contributed by atoms with Gasteiger partial charge in [-0.2, -0.15) is 5.21 Å². The molecule has 0 amide bonds. The van der Waals surface area contributed by atoms with Gasteiger partial charge in [0.1, 0.15) is 4.88 Å². The second-order valence-corrected chi connectivity index (χ2v) is 13.9. The van der Waals surface area contributed by atoms with Crippen LogP contribution in [0.15, 0.2) is 59.1 Å². The maximum atomic E-state index is 13.0. The van der Waals surface area contributed by atoms with Crippen LogP contribution in [0.5, 0.6) is 5.75 Å². The van der Waals surface area contributed by atoms with Crippen LogP contribution in [0.2, 0.25) is 0 Å². The number of carbonyl (C=O) groups is 1. The zero-order chi connectivity index (χ0) is 29.7. The lowest BCUT2D eigenvalue weighted by molar-refractivity contribution is -0.149. The summed E-state index contributed by atoms with van der Waals surface area (Å²) in [5.74, 6) is 0.316. The van der Waals surface area contributed by atoms with Gasteiger partial charge in [0.15, 0.2) is 12.4 Å². The molecule has 1 saturated heterocycles. The minimum atomic E-state index is -3.37. The van der Waals surface area contributed by atoms with E-state index >= 15 is 0 Å². The van der Waals surface area contributed by atoms with E-state index in [-0.39, 0.29) is 24.5 Å². The Morgan fingerprint density at radius 1 is 1.14 bits per heavy atom. The van der Waals surface area contributed by atoms with Gasteiger partial charge in [0.05, 0.1) is 21.2 Å². The van der Waals surface area contributed by atoms with E-state index in [9.17, 15) is 13.2 Å². The number of sulfonamides is 1. The van der Waals surface area contributed by atoms with Crippen molar-refractivity contribution in [3.05, 3.63) is 64.6 Å². The molecule has 14 heteroatoms. The topological polar surface area (TPSA) is 139 Å². The Kier molecular flexibility index (Phi) is 9.56. The molecule has 1 aliphatic heterocycles. The highest BCUT2D eigenvalue weighted by Gasteiger charge is 2.29. The Morgan fingerprint density at radius 2 is 1.90 bits per heavy atom. The molecule has 4 aromatic rings. The molecule has 1 fully saturated rings. The van der Waals surface area contributed by atoms with Crippen LogP contribution >= 0.6 is 27.3 Å². The van der Waals surface area contributed by atoms with Gasteiger partial charge in [-0.05, 0) is 71.1 Å². The highest BCUT2D eigenvalue weighted by Crippen LogP contribution is 2.49. The Hall–Kier alpha value is -3.33. The van der Waals surface area contributed by atoms with Gasteiger partial charge in [0, 0.05) is 24.8 Å². The lowest BCUT2D eigenvalue weighted by Gasteiger charge is -2.32. The summed E-state index contributed by atoms with van der Waals surface area (Å²) in [5.41, 5.74) is 2.63. The lowest BCUT2D eigenvalue weighted by atomic mass is 10.1. The first kappa shape index (κ1) is 30.1. The van der Waals surface area contributed by atoms with Crippen LogP contribution in [-0.4, -0.2) is 71.2 Å². The number of benzene rings is 2. The SMILES string of the molecule is CC(C)OC(=O)COc1c(-c2nn[nH]n2)sc(-c2cccc(NC3CCN(S(=O)(=O)Cc4ccccc4)CC3)c2)c1Br. The number of halogens is 1. The first-order valence-corrected chi connectivity index (χ1v) is 16.7.